The van der Waals surface area contributed by atoms with Crippen molar-refractivity contribution in [1.29, 1.82) is 0 Å². The average molecular weight is 1030 g/mol. The number of carboxylic acids is 1. The van der Waals surface area contributed by atoms with Gasteiger partial charge in [-0.3, -0.25) is 9.59 Å². The Kier molecular flexibility index (Phi) is 16.8. The first-order valence-electron chi connectivity index (χ1n) is 26.4. The third-order valence-electron chi connectivity index (χ3n) is 16.1. The smallest absolute Gasteiger partial charge is 0.337 e. The van der Waals surface area contributed by atoms with E-state index in [-0.39, 0.29) is 35.8 Å². The summed E-state index contributed by atoms with van der Waals surface area (Å²) in [4.78, 5) is 62.8. The molecule has 4 aliphatic rings. The molecule has 2 saturated heterocycles. The van der Waals surface area contributed by atoms with Crippen LogP contribution in [0.3, 0.4) is 0 Å². The molecule has 1 amide bonds. The van der Waals surface area contributed by atoms with E-state index in [1.54, 1.807) is 30.5 Å². The van der Waals surface area contributed by atoms with Gasteiger partial charge < -0.3 is 30.1 Å². The monoisotopic (exact) mass is 1020 g/mol. The molecule has 2 bridgehead atoms. The number of aromatic nitrogens is 3. The van der Waals surface area contributed by atoms with Gasteiger partial charge in [0.15, 0.2) is 0 Å². The number of aliphatic carboxylic acids is 1. The normalized spacial score (nSPS) is 22.7. The number of anilines is 2. The van der Waals surface area contributed by atoms with Crippen molar-refractivity contribution in [1.82, 2.24) is 19.9 Å². The Morgan fingerprint density at radius 2 is 0.932 bits per heavy atom. The molecule has 6 aromatic rings. The topological polar surface area (TPSA) is 173 Å². The fourth-order valence-corrected chi connectivity index (χ4v) is 11.8. The summed E-state index contributed by atoms with van der Waals surface area (Å²) in [6.45, 7) is 14.1. The molecule has 14 heteroatoms. The standard InChI is InChI=1S/C28H37N3O3.C21H28N2O2.C11H8ClNO2/c1-28(2,3)21-6-8-22(9-7-21)30-25-15-17-4-5-18(12-20(17)16-29-25)26(32)31-23-10-11-24(31)14-19(13-23)27(33)34;1-21(2,3)17-7-9-18(10-8-17)23-19-12-14-5-6-15(20(24)25-4)11-16(14)13-22-19;1-15-11(14)8-3-2-7-5-10(12)13-6-9(7)4-8/h4-5,12,15-16,19,21-24H,6-11,13-14H2,1-3H3,(H,29,30)(H,33,34);5-6,11-13,17-18H,7-10H2,1-4H3,(H,22,23);2-6H,1H3. The maximum absolute atomic E-state index is 13.4. The number of amides is 1. The molecule has 10 rings (SSSR count). The predicted octanol–water partition coefficient (Wildman–Crippen LogP) is 13.4. The number of piperidine rings is 1. The molecule has 5 heterocycles. The van der Waals surface area contributed by atoms with Crippen molar-refractivity contribution < 1.29 is 33.8 Å². The SMILES string of the molecule is CC(C)(C)C1CCC(Nc2cc3ccc(C(=O)N4C5CCC4CC(C(=O)O)C5)cc3cn2)CC1.COC(=O)c1ccc2cc(Cl)ncc2c1.COC(=O)c1ccc2cc(NC3CCC(C(C)(C)C)CC3)ncc2c1. The number of carboxylic acid groups (broad SMARTS) is 1. The zero-order valence-corrected chi connectivity index (χ0v) is 45.0. The van der Waals surface area contributed by atoms with Crippen LogP contribution in [-0.4, -0.2) is 87.2 Å². The van der Waals surface area contributed by atoms with E-state index in [1.807, 2.05) is 53.7 Å². The zero-order chi connectivity index (χ0) is 52.9. The van der Waals surface area contributed by atoms with Crippen molar-refractivity contribution in [3.8, 4) is 0 Å². The Morgan fingerprint density at radius 1 is 0.541 bits per heavy atom. The van der Waals surface area contributed by atoms with Crippen LogP contribution in [0.1, 0.15) is 150 Å². The Morgan fingerprint density at radius 3 is 1.34 bits per heavy atom. The summed E-state index contributed by atoms with van der Waals surface area (Å²) in [5.41, 5.74) is 2.52. The number of hydrogen-bond donors (Lipinski definition) is 3. The van der Waals surface area contributed by atoms with Gasteiger partial charge in [0.2, 0.25) is 0 Å². The Bertz CT molecular complexity index is 2970. The van der Waals surface area contributed by atoms with Crippen LogP contribution in [0.5, 0.6) is 0 Å². The van der Waals surface area contributed by atoms with E-state index in [1.165, 1.54) is 65.6 Å². The van der Waals surface area contributed by atoms with Crippen molar-refractivity contribution in [2.24, 2.45) is 28.6 Å². The second kappa shape index (κ2) is 23.1. The first kappa shape index (κ1) is 53.9. The van der Waals surface area contributed by atoms with Gasteiger partial charge in [0.05, 0.1) is 31.3 Å². The Hall–Kier alpha value is -6.34. The lowest BCUT2D eigenvalue weighted by atomic mass is 9.71. The number of methoxy groups -OCH3 is 2. The minimum absolute atomic E-state index is 0.0241. The van der Waals surface area contributed by atoms with Crippen LogP contribution in [0.4, 0.5) is 11.6 Å². The molecule has 0 radical (unpaired) electrons. The highest BCUT2D eigenvalue weighted by molar-refractivity contribution is 6.30. The fraction of sp³-hybridized carbons (Fsp3) is 0.483. The second-order valence-corrected chi connectivity index (χ2v) is 23.4. The van der Waals surface area contributed by atoms with E-state index in [2.05, 4.69) is 84.0 Å². The lowest BCUT2D eigenvalue weighted by molar-refractivity contribution is -0.144. The molecule has 2 saturated carbocycles. The van der Waals surface area contributed by atoms with Gasteiger partial charge in [-0.05, 0) is 170 Å². The van der Waals surface area contributed by atoms with Crippen molar-refractivity contribution in [2.45, 2.75) is 143 Å². The second-order valence-electron chi connectivity index (χ2n) is 23.0. The number of hydrogen-bond acceptors (Lipinski definition) is 11. The van der Waals surface area contributed by atoms with Gasteiger partial charge in [-0.15, -0.1) is 0 Å². The van der Waals surface area contributed by atoms with Gasteiger partial charge in [0.25, 0.3) is 5.91 Å². The maximum Gasteiger partial charge on any atom is 0.337 e. The van der Waals surface area contributed by atoms with Crippen LogP contribution >= 0.6 is 11.6 Å². The summed E-state index contributed by atoms with van der Waals surface area (Å²) in [7, 11) is 2.75. The Balaban J connectivity index is 0.000000159. The molecule has 3 aromatic heterocycles. The summed E-state index contributed by atoms with van der Waals surface area (Å²) in [6, 6.07) is 23.6. The lowest BCUT2D eigenvalue weighted by Crippen LogP contribution is -2.47. The highest BCUT2D eigenvalue weighted by Gasteiger charge is 2.45. The number of carbonyl (C=O) groups is 4. The third kappa shape index (κ3) is 13.1. The number of fused-ring (bicyclic) bond motifs is 5. The van der Waals surface area contributed by atoms with Crippen LogP contribution in [0, 0.1) is 28.6 Å². The molecule has 392 valence electrons. The molecule has 2 aliphatic carbocycles. The van der Waals surface area contributed by atoms with Gasteiger partial charge in [-0.25, -0.2) is 24.5 Å². The number of esters is 2. The predicted molar refractivity (Wildman–Crippen MR) is 294 cm³/mol. The highest BCUT2D eigenvalue weighted by Crippen LogP contribution is 2.42. The third-order valence-corrected chi connectivity index (χ3v) is 16.4. The van der Waals surface area contributed by atoms with E-state index in [0.29, 0.717) is 57.6 Å². The molecule has 2 aliphatic heterocycles. The van der Waals surface area contributed by atoms with Crippen molar-refractivity contribution in [2.75, 3.05) is 24.9 Å². The number of benzene rings is 3. The van der Waals surface area contributed by atoms with Crippen LogP contribution < -0.4 is 10.6 Å². The van der Waals surface area contributed by atoms with Gasteiger partial charge in [0.1, 0.15) is 16.8 Å². The zero-order valence-electron chi connectivity index (χ0n) is 44.3. The number of nitrogens with zero attached hydrogens (tertiary/aromatic N) is 4. The van der Waals surface area contributed by atoms with Crippen molar-refractivity contribution >= 4 is 79.4 Å². The number of rotatable bonds is 8. The molecule has 3 N–H and O–H groups in total. The number of nitrogens with one attached hydrogen (secondary N) is 2. The summed E-state index contributed by atoms with van der Waals surface area (Å²) in [5.74, 6) is 1.71. The fourth-order valence-electron chi connectivity index (χ4n) is 11.7. The summed E-state index contributed by atoms with van der Waals surface area (Å²) in [5, 5.41) is 22.9. The molecule has 4 fully saturated rings. The first-order chi connectivity index (χ1) is 35.3. The molecule has 3 aromatic carbocycles. The number of carbonyl (C=O) groups excluding carboxylic acids is 3. The molecular weight excluding hydrogens is 952 g/mol. The minimum atomic E-state index is -0.729. The summed E-state index contributed by atoms with van der Waals surface area (Å²) in [6.07, 6.45) is 18.1. The van der Waals surface area contributed by atoms with Gasteiger partial charge in [-0.2, -0.15) is 0 Å². The van der Waals surface area contributed by atoms with E-state index in [9.17, 15) is 24.3 Å². The molecule has 2 unspecified atom stereocenters. The summed E-state index contributed by atoms with van der Waals surface area (Å²) < 4.78 is 9.39. The van der Waals surface area contributed by atoms with Crippen LogP contribution in [0.15, 0.2) is 91.4 Å². The van der Waals surface area contributed by atoms with E-state index >= 15 is 0 Å². The van der Waals surface area contributed by atoms with E-state index in [4.69, 9.17) is 16.3 Å². The summed E-state index contributed by atoms with van der Waals surface area (Å²) >= 11 is 5.75. The van der Waals surface area contributed by atoms with Crippen LogP contribution in [0.2, 0.25) is 5.15 Å². The Labute approximate surface area is 440 Å². The molecular formula is C60H73ClN6O7. The number of pyridine rings is 3. The molecule has 0 spiro atoms. The highest BCUT2D eigenvalue weighted by atomic mass is 35.5. The average Bonchev–Trinajstić information content (AvgIpc) is 3.65. The minimum Gasteiger partial charge on any atom is -0.481 e. The largest absolute Gasteiger partial charge is 0.481 e. The van der Waals surface area contributed by atoms with Gasteiger partial charge in [0, 0.05) is 64.5 Å². The molecule has 13 nitrogen and oxygen atoms in total. The number of ether oxygens (including phenoxy) is 2. The quantitative estimate of drug-likeness (QED) is 0.0974. The van der Waals surface area contributed by atoms with Crippen LogP contribution in [0.25, 0.3) is 32.3 Å². The van der Waals surface area contributed by atoms with E-state index < -0.39 is 5.97 Å². The lowest BCUT2D eigenvalue weighted by Gasteiger charge is -2.37. The van der Waals surface area contributed by atoms with Crippen molar-refractivity contribution in [3.05, 3.63) is 113 Å². The number of halogens is 1. The maximum atomic E-state index is 13.4. The molecule has 74 heavy (non-hydrogen) atoms. The van der Waals surface area contributed by atoms with E-state index in [0.717, 1.165) is 68.6 Å². The molecule has 2 atom stereocenters. The van der Waals surface area contributed by atoms with Gasteiger partial charge in [-0.1, -0.05) is 71.3 Å². The van der Waals surface area contributed by atoms with Crippen LogP contribution in [-0.2, 0) is 14.3 Å². The van der Waals surface area contributed by atoms with Crippen molar-refractivity contribution in [3.63, 3.8) is 0 Å². The first-order valence-corrected chi connectivity index (χ1v) is 26.7. The van der Waals surface area contributed by atoms with Gasteiger partial charge >= 0.3 is 17.9 Å².